The minimum atomic E-state index is -1.61. The van der Waals surface area contributed by atoms with E-state index in [1.54, 1.807) is 0 Å². The molecule has 0 amide bonds. The third kappa shape index (κ3) is 6.61. The van der Waals surface area contributed by atoms with E-state index in [1.165, 1.54) is 38.3 Å². The molecule has 37 heavy (non-hydrogen) atoms. The highest BCUT2D eigenvalue weighted by molar-refractivity contribution is 6.32. The van der Waals surface area contributed by atoms with Crippen LogP contribution in [0.25, 0.3) is 0 Å². The fourth-order valence-corrected chi connectivity index (χ4v) is 3.79. The van der Waals surface area contributed by atoms with Crippen molar-refractivity contribution in [1.29, 1.82) is 0 Å². The second-order valence-corrected chi connectivity index (χ2v) is 8.53. The first kappa shape index (κ1) is 28.0. The van der Waals surface area contributed by atoms with E-state index >= 15 is 0 Å². The van der Waals surface area contributed by atoms with Gasteiger partial charge >= 0.3 is 11.7 Å². The molecule has 0 radical (unpaired) electrons. The summed E-state index contributed by atoms with van der Waals surface area (Å²) in [5, 5.41) is 13.9. The van der Waals surface area contributed by atoms with Crippen molar-refractivity contribution in [2.45, 2.75) is 24.6 Å². The fraction of sp³-hybridized carbons (Fsp3) is 0.318. The Morgan fingerprint density at radius 1 is 1.32 bits per heavy atom. The molecule has 2 unspecified atom stereocenters. The van der Waals surface area contributed by atoms with Gasteiger partial charge in [-0.05, 0) is 31.2 Å². The topological polar surface area (TPSA) is 135 Å². The molecule has 1 heterocycles. The van der Waals surface area contributed by atoms with Gasteiger partial charge in [-0.25, -0.2) is 23.5 Å². The van der Waals surface area contributed by atoms with Gasteiger partial charge in [0.05, 0.1) is 24.0 Å². The van der Waals surface area contributed by atoms with Gasteiger partial charge in [0.2, 0.25) is 17.3 Å². The smallest absolute Gasteiger partial charge is 0.348 e. The summed E-state index contributed by atoms with van der Waals surface area (Å²) < 4.78 is 49.3. The number of esters is 1. The SMILES string of the molecule is COC(=O)COC1=C(OC(OC)c2cccc(F)c2F)CC(Cl)(Nc2nc(C)nc(Cl)c2[N+](=O)[O-])C=C1. The van der Waals surface area contributed by atoms with Crippen LogP contribution < -0.4 is 5.32 Å². The summed E-state index contributed by atoms with van der Waals surface area (Å²) in [6, 6.07) is 3.44. The van der Waals surface area contributed by atoms with Crippen molar-refractivity contribution in [3.8, 4) is 0 Å². The van der Waals surface area contributed by atoms with Crippen LogP contribution in [0.4, 0.5) is 20.3 Å². The molecule has 1 aromatic heterocycles. The maximum Gasteiger partial charge on any atom is 0.348 e. The number of carbonyl (C=O) groups excluding carboxylic acids is 1. The van der Waals surface area contributed by atoms with E-state index in [9.17, 15) is 23.7 Å². The van der Waals surface area contributed by atoms with Crippen LogP contribution in [0.15, 0.2) is 41.9 Å². The van der Waals surface area contributed by atoms with Gasteiger partial charge in [-0.15, -0.1) is 0 Å². The van der Waals surface area contributed by atoms with E-state index in [4.69, 9.17) is 37.4 Å². The Balaban J connectivity index is 1.98. The van der Waals surface area contributed by atoms with E-state index < -0.39 is 51.3 Å². The third-order valence-corrected chi connectivity index (χ3v) is 5.54. The van der Waals surface area contributed by atoms with Gasteiger partial charge in [-0.3, -0.25) is 10.1 Å². The fourth-order valence-electron chi connectivity index (χ4n) is 3.24. The molecule has 1 aliphatic rings. The van der Waals surface area contributed by atoms with E-state index in [0.717, 1.165) is 13.2 Å². The Hall–Kier alpha value is -3.55. The molecule has 1 aromatic carbocycles. The first-order valence-electron chi connectivity index (χ1n) is 10.4. The summed E-state index contributed by atoms with van der Waals surface area (Å²) in [4.78, 5) is 28.6. The summed E-state index contributed by atoms with van der Waals surface area (Å²) >= 11 is 12.6. The standard InChI is InChI=1S/C22H20Cl2F2N4O7/c1-11-27-19(23)18(30(32)33)20(28-11)29-22(24)8-7-14(36-10-16(31)34-2)15(9-22)37-21(35-3)12-5-4-6-13(25)17(12)26/h4-8,21H,9-10H2,1-3H3,(H,27,28,29). The second kappa shape index (κ2) is 11.7. The zero-order chi connectivity index (χ0) is 27.3. The highest BCUT2D eigenvalue weighted by atomic mass is 35.5. The molecule has 0 fully saturated rings. The number of allylic oxidation sites excluding steroid dienone is 1. The van der Waals surface area contributed by atoms with Crippen molar-refractivity contribution in [2.24, 2.45) is 0 Å². The lowest BCUT2D eigenvalue weighted by Gasteiger charge is -2.32. The number of rotatable bonds is 10. The van der Waals surface area contributed by atoms with E-state index in [1.807, 2.05) is 0 Å². The molecule has 2 atom stereocenters. The normalized spacial score (nSPS) is 17.8. The average Bonchev–Trinajstić information content (AvgIpc) is 2.82. The Morgan fingerprint density at radius 3 is 2.70 bits per heavy atom. The lowest BCUT2D eigenvalue weighted by Crippen LogP contribution is -2.34. The lowest BCUT2D eigenvalue weighted by atomic mass is 10.0. The molecular weight excluding hydrogens is 541 g/mol. The molecule has 15 heteroatoms. The van der Waals surface area contributed by atoms with Crippen LogP contribution in [0, 0.1) is 28.7 Å². The number of ether oxygens (including phenoxy) is 4. The lowest BCUT2D eigenvalue weighted by molar-refractivity contribution is -0.384. The Kier molecular flexibility index (Phi) is 8.84. The number of nitro groups is 1. The van der Waals surface area contributed by atoms with E-state index in [-0.39, 0.29) is 35.1 Å². The minimum absolute atomic E-state index is 0.00580. The number of hydrogen-bond donors (Lipinski definition) is 1. The average molecular weight is 561 g/mol. The van der Waals surface area contributed by atoms with Gasteiger partial charge in [-0.2, -0.15) is 0 Å². The first-order valence-corrected chi connectivity index (χ1v) is 11.1. The number of aryl methyl sites for hydroxylation is 1. The van der Waals surface area contributed by atoms with Gasteiger partial charge in [0, 0.05) is 7.11 Å². The number of aromatic nitrogens is 2. The molecule has 1 aliphatic carbocycles. The Morgan fingerprint density at radius 2 is 2.05 bits per heavy atom. The van der Waals surface area contributed by atoms with Crippen molar-refractivity contribution in [2.75, 3.05) is 26.1 Å². The predicted octanol–water partition coefficient (Wildman–Crippen LogP) is 4.69. The molecule has 198 valence electrons. The molecule has 0 saturated carbocycles. The van der Waals surface area contributed by atoms with Gasteiger partial charge in [0.25, 0.3) is 0 Å². The number of alkyl halides is 1. The zero-order valence-corrected chi connectivity index (χ0v) is 21.1. The van der Waals surface area contributed by atoms with Gasteiger partial charge < -0.3 is 24.3 Å². The second-order valence-electron chi connectivity index (χ2n) is 7.49. The quantitative estimate of drug-likeness (QED) is 0.0828. The molecule has 0 bridgehead atoms. The Labute approximate surface area is 219 Å². The van der Waals surface area contributed by atoms with Crippen molar-refractivity contribution >= 4 is 40.7 Å². The summed E-state index contributed by atoms with van der Waals surface area (Å²) in [5.41, 5.74) is -0.879. The van der Waals surface area contributed by atoms with Gasteiger partial charge in [0.1, 0.15) is 16.6 Å². The van der Waals surface area contributed by atoms with Crippen molar-refractivity contribution in [3.05, 3.63) is 80.2 Å². The molecule has 3 rings (SSSR count). The summed E-state index contributed by atoms with van der Waals surface area (Å²) in [6.45, 7) is 0.965. The highest BCUT2D eigenvalue weighted by Gasteiger charge is 2.37. The molecule has 0 saturated heterocycles. The van der Waals surface area contributed by atoms with Gasteiger partial charge in [0.15, 0.2) is 24.0 Å². The van der Waals surface area contributed by atoms with Crippen molar-refractivity contribution < 1.29 is 37.4 Å². The van der Waals surface area contributed by atoms with Crippen LogP contribution >= 0.6 is 23.2 Å². The summed E-state index contributed by atoms with van der Waals surface area (Å²) in [7, 11) is 2.36. The molecule has 1 N–H and O–H groups in total. The van der Waals surface area contributed by atoms with Crippen LogP contribution in [0.5, 0.6) is 0 Å². The van der Waals surface area contributed by atoms with Gasteiger partial charge in [-0.1, -0.05) is 29.3 Å². The molecular formula is C22H20Cl2F2N4O7. The van der Waals surface area contributed by atoms with Crippen LogP contribution in [-0.4, -0.2) is 46.7 Å². The number of nitrogens with one attached hydrogen (secondary N) is 1. The molecule has 0 aliphatic heterocycles. The van der Waals surface area contributed by atoms with Crippen LogP contribution in [-0.2, 0) is 23.7 Å². The number of nitrogens with zero attached hydrogens (tertiary/aromatic N) is 3. The number of anilines is 1. The van der Waals surface area contributed by atoms with E-state index in [2.05, 4.69) is 20.0 Å². The number of methoxy groups -OCH3 is 2. The summed E-state index contributed by atoms with van der Waals surface area (Å²) in [6.07, 6.45) is 0.946. The number of halogens is 4. The van der Waals surface area contributed by atoms with E-state index in [0.29, 0.717) is 0 Å². The highest BCUT2D eigenvalue weighted by Crippen LogP contribution is 2.40. The van der Waals surface area contributed by atoms with Crippen molar-refractivity contribution in [1.82, 2.24) is 9.97 Å². The maximum absolute atomic E-state index is 14.4. The van der Waals surface area contributed by atoms with Crippen LogP contribution in [0.1, 0.15) is 24.1 Å². The zero-order valence-electron chi connectivity index (χ0n) is 19.6. The maximum atomic E-state index is 14.4. The summed E-state index contributed by atoms with van der Waals surface area (Å²) in [5.74, 6) is -3.25. The Bertz CT molecular complexity index is 1280. The van der Waals surface area contributed by atoms with Crippen LogP contribution in [0.3, 0.4) is 0 Å². The first-order chi connectivity index (χ1) is 17.5. The monoisotopic (exact) mass is 560 g/mol. The van der Waals surface area contributed by atoms with Crippen molar-refractivity contribution in [3.63, 3.8) is 0 Å². The number of benzene rings is 1. The minimum Gasteiger partial charge on any atom is -0.478 e. The number of carbonyl (C=O) groups is 1. The molecule has 11 nitrogen and oxygen atoms in total. The van der Waals surface area contributed by atoms with Crippen LogP contribution in [0.2, 0.25) is 5.15 Å². The predicted molar refractivity (Wildman–Crippen MR) is 127 cm³/mol. The largest absolute Gasteiger partial charge is 0.478 e. The molecule has 2 aromatic rings. The number of hydrogen-bond acceptors (Lipinski definition) is 10. The third-order valence-electron chi connectivity index (χ3n) is 4.93. The molecule has 0 spiro atoms.